The molecule has 0 atom stereocenters. The molecule has 0 aliphatic carbocycles. The predicted molar refractivity (Wildman–Crippen MR) is 155 cm³/mol. The molecule has 0 amide bonds. The molecule has 0 aliphatic rings. The third kappa shape index (κ3) is 8.20. The summed E-state index contributed by atoms with van der Waals surface area (Å²) in [5.41, 5.74) is 8.03. The molecule has 0 fully saturated rings. The lowest BCUT2D eigenvalue weighted by Gasteiger charge is -2.05. The zero-order valence-electron chi connectivity index (χ0n) is 20.6. The van der Waals surface area contributed by atoms with Crippen molar-refractivity contribution >= 4 is 65.4 Å². The molecule has 0 spiro atoms. The average molecular weight is 689 g/mol. The largest absolute Gasteiger partial charge is 0.369 e. The van der Waals surface area contributed by atoms with Crippen molar-refractivity contribution in [3.63, 3.8) is 0 Å². The van der Waals surface area contributed by atoms with E-state index >= 15 is 0 Å². The monoisotopic (exact) mass is 686 g/mol. The molecule has 4 aromatic rings. The summed E-state index contributed by atoms with van der Waals surface area (Å²) < 4.78 is 7.21. The number of aromatic amines is 1. The van der Waals surface area contributed by atoms with Gasteiger partial charge in [0.2, 0.25) is 5.95 Å². The van der Waals surface area contributed by atoms with Crippen molar-refractivity contribution in [3.05, 3.63) is 82.4 Å². The maximum atomic E-state index is 11.8. The summed E-state index contributed by atoms with van der Waals surface area (Å²) >= 11 is 9.74. The maximum Gasteiger partial charge on any atom is 0.274 e. The highest BCUT2D eigenvalue weighted by molar-refractivity contribution is 9.11. The van der Waals surface area contributed by atoms with Crippen molar-refractivity contribution < 1.29 is 0 Å². The molecule has 10 nitrogen and oxygen atoms in total. The number of imidazole rings is 2. The van der Waals surface area contributed by atoms with E-state index in [-0.39, 0.29) is 11.1 Å². The molecular formula is C23H29Br3N8O2. The van der Waals surface area contributed by atoms with Crippen LogP contribution in [0.2, 0.25) is 0 Å². The van der Waals surface area contributed by atoms with Crippen LogP contribution in [0.15, 0.2) is 59.9 Å². The van der Waals surface area contributed by atoms with Gasteiger partial charge in [-0.15, -0.1) is 0 Å². The number of hydrogen-bond donors (Lipinski definition) is 3. The number of aryl methyl sites for hydroxylation is 4. The molecule has 0 radical (unpaired) electrons. The summed E-state index contributed by atoms with van der Waals surface area (Å²) in [6.45, 7) is 4.12. The number of anilines is 3. The Bertz CT molecular complexity index is 1400. The Morgan fingerprint density at radius 3 is 2.00 bits per heavy atom. The Balaban J connectivity index is 0.000000205. The number of nitrogen functional groups attached to an aromatic ring is 1. The zero-order valence-corrected chi connectivity index (χ0v) is 25.4. The van der Waals surface area contributed by atoms with Crippen LogP contribution in [-0.2, 0) is 34.0 Å². The number of aromatic nitrogens is 6. The van der Waals surface area contributed by atoms with E-state index in [1.54, 1.807) is 51.0 Å². The first-order valence-electron chi connectivity index (χ1n) is 10.9. The van der Waals surface area contributed by atoms with E-state index in [0.717, 1.165) is 27.5 Å². The molecule has 4 heterocycles. The molecule has 194 valence electrons. The van der Waals surface area contributed by atoms with Crippen LogP contribution in [0.4, 0.5) is 17.6 Å². The third-order valence-corrected chi connectivity index (χ3v) is 6.44. The molecule has 36 heavy (non-hydrogen) atoms. The van der Waals surface area contributed by atoms with Gasteiger partial charge in [-0.1, -0.05) is 13.8 Å². The van der Waals surface area contributed by atoms with Crippen LogP contribution < -0.4 is 22.2 Å². The van der Waals surface area contributed by atoms with Crippen molar-refractivity contribution in [2.75, 3.05) is 11.1 Å². The van der Waals surface area contributed by atoms with E-state index < -0.39 is 0 Å². The summed E-state index contributed by atoms with van der Waals surface area (Å²) in [5.74, 6) is 1.17. The first-order chi connectivity index (χ1) is 17.0. The number of nitrogens with zero attached hydrogens (tertiary/aromatic N) is 5. The summed E-state index contributed by atoms with van der Waals surface area (Å²) in [6, 6.07) is 3.46. The lowest BCUT2D eigenvalue weighted by molar-refractivity contribution is 0.845. The molecule has 0 saturated heterocycles. The fraction of sp³-hybridized carbons (Fsp3) is 0.304. The second kappa shape index (κ2) is 13.6. The number of pyridine rings is 2. The van der Waals surface area contributed by atoms with E-state index in [9.17, 15) is 9.59 Å². The number of nitrogens with one attached hydrogen (secondary N) is 2. The van der Waals surface area contributed by atoms with Crippen molar-refractivity contribution in [2.24, 2.45) is 21.1 Å². The summed E-state index contributed by atoms with van der Waals surface area (Å²) in [5, 5.41) is 2.98. The van der Waals surface area contributed by atoms with E-state index in [1.165, 1.54) is 14.8 Å². The highest BCUT2D eigenvalue weighted by Gasteiger charge is 2.06. The number of nitrogens with two attached hydrogens (primary N) is 1. The van der Waals surface area contributed by atoms with Gasteiger partial charge in [-0.25, -0.2) is 9.97 Å². The Morgan fingerprint density at radius 2 is 1.53 bits per heavy atom. The minimum atomic E-state index is -0.0948. The minimum absolute atomic E-state index is 0.0248. The van der Waals surface area contributed by atoms with E-state index in [1.807, 2.05) is 18.5 Å². The van der Waals surface area contributed by atoms with Crippen LogP contribution in [0.25, 0.3) is 0 Å². The molecule has 0 unspecified atom stereocenters. The molecule has 13 heteroatoms. The summed E-state index contributed by atoms with van der Waals surface area (Å²) in [7, 11) is 5.33. The van der Waals surface area contributed by atoms with E-state index in [4.69, 9.17) is 5.73 Å². The van der Waals surface area contributed by atoms with Gasteiger partial charge in [0.25, 0.3) is 11.1 Å². The van der Waals surface area contributed by atoms with Gasteiger partial charge in [-0.05, 0) is 72.8 Å². The topological polar surface area (TPSA) is 129 Å². The number of halogens is 3. The fourth-order valence-corrected chi connectivity index (χ4v) is 4.82. The van der Waals surface area contributed by atoms with Gasteiger partial charge in [0.05, 0.1) is 16.9 Å². The molecule has 0 bridgehead atoms. The van der Waals surface area contributed by atoms with Gasteiger partial charge < -0.3 is 29.7 Å². The molecule has 4 N–H and O–H groups in total. The van der Waals surface area contributed by atoms with E-state index in [2.05, 4.69) is 75.0 Å². The normalized spacial score (nSPS) is 10.2. The van der Waals surface area contributed by atoms with Gasteiger partial charge in [0.1, 0.15) is 5.69 Å². The van der Waals surface area contributed by atoms with Crippen LogP contribution in [0, 0.1) is 0 Å². The van der Waals surface area contributed by atoms with Gasteiger partial charge in [0, 0.05) is 53.9 Å². The Hall–Kier alpha value is -2.64. The Labute approximate surface area is 234 Å². The second-order valence-corrected chi connectivity index (χ2v) is 10.4. The first-order valence-corrected chi connectivity index (χ1v) is 13.3. The lowest BCUT2D eigenvalue weighted by atomic mass is 10.4. The van der Waals surface area contributed by atoms with Crippen molar-refractivity contribution in [1.82, 2.24) is 28.7 Å². The van der Waals surface area contributed by atoms with Crippen LogP contribution in [0.3, 0.4) is 0 Å². The van der Waals surface area contributed by atoms with Crippen LogP contribution in [0.5, 0.6) is 0 Å². The molecule has 0 aromatic carbocycles. The predicted octanol–water partition coefficient (Wildman–Crippen LogP) is 4.65. The standard InChI is InChI=1S/C11H13BrN4O.C6H5Br2NO.C6H11N3/c1-3-8-5-13-11(14-8)15-9-4-7(12)6-16(2)10(9)17;1-9-3-4(7)2-5(8)6(9)10;1-3-5-4-8-6(7)9(5)2/h4-6H,3H2,1-2H3,(H2,13,14,15);2-3H,1H3;4H,3H2,1-2H3,(H2,7,8). The Morgan fingerprint density at radius 1 is 0.917 bits per heavy atom. The second-order valence-electron chi connectivity index (χ2n) is 7.67. The van der Waals surface area contributed by atoms with Crippen molar-refractivity contribution in [1.29, 1.82) is 0 Å². The first kappa shape index (κ1) is 29.6. The SMILES string of the molecule is CCc1cnc(N)n1C.CCc1cnc(Nc2cc(Br)cn(C)c2=O)[nH]1.Cn1cc(Br)cc(Br)c1=O. The number of hydrogen-bond acceptors (Lipinski definition) is 6. The highest BCUT2D eigenvalue weighted by Crippen LogP contribution is 2.15. The van der Waals surface area contributed by atoms with Crippen LogP contribution in [-0.4, -0.2) is 28.7 Å². The quantitative estimate of drug-likeness (QED) is 0.287. The molecule has 4 aromatic heterocycles. The molecule has 0 aliphatic heterocycles. The average Bonchev–Trinajstić information content (AvgIpc) is 3.42. The number of H-pyrrole nitrogens is 1. The van der Waals surface area contributed by atoms with Gasteiger partial charge in [-0.3, -0.25) is 9.59 Å². The van der Waals surface area contributed by atoms with E-state index in [0.29, 0.717) is 22.1 Å². The van der Waals surface area contributed by atoms with Gasteiger partial charge >= 0.3 is 0 Å². The van der Waals surface area contributed by atoms with Gasteiger partial charge in [0.15, 0.2) is 5.95 Å². The van der Waals surface area contributed by atoms with Gasteiger partial charge in [-0.2, -0.15) is 0 Å². The summed E-state index contributed by atoms with van der Waals surface area (Å²) in [4.78, 5) is 34.0. The van der Waals surface area contributed by atoms with Crippen molar-refractivity contribution in [3.8, 4) is 0 Å². The maximum absolute atomic E-state index is 11.8. The van der Waals surface area contributed by atoms with Crippen LogP contribution in [0.1, 0.15) is 25.2 Å². The molecule has 4 rings (SSSR count). The molecule has 0 saturated carbocycles. The zero-order chi connectivity index (χ0) is 27.0. The molecular weight excluding hydrogens is 660 g/mol. The minimum Gasteiger partial charge on any atom is -0.369 e. The third-order valence-electron chi connectivity index (χ3n) is 5.00. The van der Waals surface area contributed by atoms with Crippen molar-refractivity contribution in [2.45, 2.75) is 26.7 Å². The number of rotatable bonds is 4. The van der Waals surface area contributed by atoms with Crippen LogP contribution >= 0.6 is 47.8 Å². The Kier molecular flexibility index (Phi) is 11.2. The smallest absolute Gasteiger partial charge is 0.274 e. The summed E-state index contributed by atoms with van der Waals surface area (Å²) in [6.07, 6.45) is 8.85. The lowest BCUT2D eigenvalue weighted by Crippen LogP contribution is -2.19. The fourth-order valence-electron chi connectivity index (χ4n) is 2.91. The highest BCUT2D eigenvalue weighted by atomic mass is 79.9.